The minimum absolute atomic E-state index is 0. The highest BCUT2D eigenvalue weighted by Gasteiger charge is 2.18. The molecule has 0 spiro atoms. The summed E-state index contributed by atoms with van der Waals surface area (Å²) < 4.78 is 0. The summed E-state index contributed by atoms with van der Waals surface area (Å²) in [5, 5.41) is 8.96. The van der Waals surface area contributed by atoms with Crippen LogP contribution in [-0.2, 0) is 16.1 Å². The van der Waals surface area contributed by atoms with Gasteiger partial charge in [0.1, 0.15) is 0 Å². The Kier molecular flexibility index (Phi) is 11.1. The molecule has 0 heterocycles. The van der Waals surface area contributed by atoms with Gasteiger partial charge in [-0.2, -0.15) is 0 Å². The molecule has 1 rings (SSSR count). The minimum Gasteiger partial charge on any atom is -0.480 e. The molecule has 6 heteroatoms. The first kappa shape index (κ1) is 22.4. The van der Waals surface area contributed by atoms with Crippen LogP contribution >= 0.6 is 12.4 Å². The molecule has 0 saturated carbocycles. The summed E-state index contributed by atoms with van der Waals surface area (Å²) >= 11 is 0. The number of carbonyl (C=O) groups excluding carboxylic acids is 1. The number of carbonyl (C=O) groups is 2. The second-order valence-electron chi connectivity index (χ2n) is 5.91. The molecule has 1 amide bonds. The Hall–Kier alpha value is -1.59. The van der Waals surface area contributed by atoms with Crippen LogP contribution in [0.15, 0.2) is 24.3 Å². The summed E-state index contributed by atoms with van der Waals surface area (Å²) in [7, 11) is 0. The molecule has 0 radical (unpaired) electrons. The second-order valence-corrected chi connectivity index (χ2v) is 5.91. The molecule has 136 valence electrons. The second kappa shape index (κ2) is 11.9. The lowest BCUT2D eigenvalue weighted by Gasteiger charge is -2.26. The van der Waals surface area contributed by atoms with Gasteiger partial charge < -0.3 is 10.0 Å². The molecule has 1 aromatic carbocycles. The number of aryl methyl sites for hydroxylation is 1. The molecule has 0 unspecified atom stereocenters. The van der Waals surface area contributed by atoms with Crippen molar-refractivity contribution in [2.45, 2.75) is 40.2 Å². The summed E-state index contributed by atoms with van der Waals surface area (Å²) in [4.78, 5) is 27.0. The van der Waals surface area contributed by atoms with E-state index in [1.54, 1.807) is 4.90 Å². The van der Waals surface area contributed by atoms with Crippen molar-refractivity contribution < 1.29 is 14.7 Å². The maximum atomic E-state index is 12.6. The number of carboxylic acid groups (broad SMARTS) is 1. The highest BCUT2D eigenvalue weighted by atomic mass is 35.5. The van der Waals surface area contributed by atoms with Crippen molar-refractivity contribution in [2.24, 2.45) is 0 Å². The van der Waals surface area contributed by atoms with Gasteiger partial charge in [0.05, 0.1) is 13.1 Å². The lowest BCUT2D eigenvalue weighted by Crippen LogP contribution is -2.42. The molecule has 0 aliphatic heterocycles. The zero-order valence-electron chi connectivity index (χ0n) is 14.8. The van der Waals surface area contributed by atoms with Crippen LogP contribution in [0.3, 0.4) is 0 Å². The number of aliphatic carboxylic acids is 1. The zero-order chi connectivity index (χ0) is 17.2. The molecule has 0 atom stereocenters. The summed E-state index contributed by atoms with van der Waals surface area (Å²) in [6.45, 7) is 7.98. The van der Waals surface area contributed by atoms with Crippen LogP contribution in [0.25, 0.3) is 0 Å². The van der Waals surface area contributed by atoms with Crippen molar-refractivity contribution in [3.63, 3.8) is 0 Å². The van der Waals surface area contributed by atoms with Gasteiger partial charge in [-0.15, -0.1) is 12.4 Å². The SMILES string of the molecule is CCCN(CC(=O)O)CC(=O)N(CCC)Cc1ccc(C)cc1.Cl. The largest absolute Gasteiger partial charge is 0.480 e. The van der Waals surface area contributed by atoms with Gasteiger partial charge in [-0.25, -0.2) is 0 Å². The number of carboxylic acids is 1. The number of nitrogens with zero attached hydrogens (tertiary/aromatic N) is 2. The van der Waals surface area contributed by atoms with E-state index in [0.29, 0.717) is 19.6 Å². The normalized spacial score (nSPS) is 10.3. The van der Waals surface area contributed by atoms with Gasteiger partial charge in [0.2, 0.25) is 5.91 Å². The van der Waals surface area contributed by atoms with E-state index in [2.05, 4.69) is 0 Å². The van der Waals surface area contributed by atoms with Crippen LogP contribution in [0.4, 0.5) is 0 Å². The molecule has 0 aliphatic rings. The van der Waals surface area contributed by atoms with Crippen molar-refractivity contribution in [1.29, 1.82) is 0 Å². The van der Waals surface area contributed by atoms with E-state index in [4.69, 9.17) is 5.11 Å². The molecule has 0 saturated heterocycles. The number of amides is 1. The van der Waals surface area contributed by atoms with Crippen LogP contribution in [0.5, 0.6) is 0 Å². The topological polar surface area (TPSA) is 60.9 Å². The average Bonchev–Trinajstić information content (AvgIpc) is 2.48. The molecule has 1 aromatic rings. The predicted molar refractivity (Wildman–Crippen MR) is 98.5 cm³/mol. The van der Waals surface area contributed by atoms with E-state index in [-0.39, 0.29) is 31.4 Å². The third kappa shape index (κ3) is 8.31. The van der Waals surface area contributed by atoms with Crippen molar-refractivity contribution in [3.8, 4) is 0 Å². The van der Waals surface area contributed by atoms with Crippen LogP contribution in [0.1, 0.15) is 37.8 Å². The summed E-state index contributed by atoms with van der Waals surface area (Å²) in [5.41, 5.74) is 2.29. The number of hydrogen-bond donors (Lipinski definition) is 1. The van der Waals surface area contributed by atoms with Gasteiger partial charge in [0.25, 0.3) is 0 Å². The van der Waals surface area contributed by atoms with Crippen molar-refractivity contribution in [2.75, 3.05) is 26.2 Å². The van der Waals surface area contributed by atoms with E-state index < -0.39 is 5.97 Å². The fourth-order valence-corrected chi connectivity index (χ4v) is 2.49. The first-order valence-electron chi connectivity index (χ1n) is 8.23. The van der Waals surface area contributed by atoms with Gasteiger partial charge >= 0.3 is 5.97 Å². The molecule has 1 N–H and O–H groups in total. The Bertz CT molecular complexity index is 505. The number of halogens is 1. The number of rotatable bonds is 10. The lowest BCUT2D eigenvalue weighted by molar-refractivity contribution is -0.139. The minimum atomic E-state index is -0.896. The molecular formula is C18H29ClN2O3. The fourth-order valence-electron chi connectivity index (χ4n) is 2.49. The highest BCUT2D eigenvalue weighted by Crippen LogP contribution is 2.08. The molecule has 0 bridgehead atoms. The van der Waals surface area contributed by atoms with Gasteiger partial charge in [-0.3, -0.25) is 14.5 Å². The van der Waals surface area contributed by atoms with E-state index in [1.165, 1.54) is 5.56 Å². The summed E-state index contributed by atoms with van der Waals surface area (Å²) in [6, 6.07) is 8.15. The molecule has 0 aliphatic carbocycles. The van der Waals surface area contributed by atoms with E-state index in [9.17, 15) is 9.59 Å². The lowest BCUT2D eigenvalue weighted by atomic mass is 10.1. The molecule has 0 fully saturated rings. The standard InChI is InChI=1S/C18H28N2O3.ClH/c1-4-10-19(14-18(22)23)13-17(21)20(11-5-2)12-16-8-6-15(3)7-9-16;/h6-9H,4-5,10-14H2,1-3H3,(H,22,23);1H. The predicted octanol–water partition coefficient (Wildman–Crippen LogP) is 2.95. The monoisotopic (exact) mass is 356 g/mol. The van der Waals surface area contributed by atoms with Crippen LogP contribution < -0.4 is 0 Å². The van der Waals surface area contributed by atoms with Crippen LogP contribution in [0.2, 0.25) is 0 Å². The van der Waals surface area contributed by atoms with Gasteiger partial charge in [-0.05, 0) is 31.9 Å². The van der Waals surface area contributed by atoms with Gasteiger partial charge in [-0.1, -0.05) is 43.7 Å². The first-order chi connectivity index (χ1) is 11.0. The quantitative estimate of drug-likeness (QED) is 0.700. The van der Waals surface area contributed by atoms with E-state index >= 15 is 0 Å². The molecule has 24 heavy (non-hydrogen) atoms. The van der Waals surface area contributed by atoms with Crippen molar-refractivity contribution in [1.82, 2.24) is 9.80 Å². The Balaban J connectivity index is 0.00000529. The van der Waals surface area contributed by atoms with Crippen molar-refractivity contribution in [3.05, 3.63) is 35.4 Å². The van der Waals surface area contributed by atoms with Crippen LogP contribution in [0, 0.1) is 6.92 Å². The third-order valence-corrected chi connectivity index (χ3v) is 3.60. The summed E-state index contributed by atoms with van der Waals surface area (Å²) in [6.07, 6.45) is 1.70. The molecule has 5 nitrogen and oxygen atoms in total. The fraction of sp³-hybridized carbons (Fsp3) is 0.556. The highest BCUT2D eigenvalue weighted by molar-refractivity contribution is 5.85. The third-order valence-electron chi connectivity index (χ3n) is 3.60. The number of benzene rings is 1. The number of hydrogen-bond acceptors (Lipinski definition) is 3. The Morgan fingerprint density at radius 1 is 1.00 bits per heavy atom. The molecule has 0 aromatic heterocycles. The first-order valence-corrected chi connectivity index (χ1v) is 8.23. The maximum Gasteiger partial charge on any atom is 0.317 e. The van der Waals surface area contributed by atoms with Gasteiger partial charge in [0, 0.05) is 13.1 Å². The zero-order valence-corrected chi connectivity index (χ0v) is 15.6. The van der Waals surface area contributed by atoms with E-state index in [1.807, 2.05) is 49.9 Å². The Labute approximate surface area is 151 Å². The van der Waals surface area contributed by atoms with Crippen LogP contribution in [-0.4, -0.2) is 53.0 Å². The van der Waals surface area contributed by atoms with Gasteiger partial charge in [0.15, 0.2) is 0 Å². The average molecular weight is 357 g/mol. The summed E-state index contributed by atoms with van der Waals surface area (Å²) in [5.74, 6) is -0.908. The smallest absolute Gasteiger partial charge is 0.317 e. The van der Waals surface area contributed by atoms with E-state index in [0.717, 1.165) is 18.4 Å². The Morgan fingerprint density at radius 3 is 2.08 bits per heavy atom. The maximum absolute atomic E-state index is 12.6. The van der Waals surface area contributed by atoms with Crippen molar-refractivity contribution >= 4 is 24.3 Å². The molecular weight excluding hydrogens is 328 g/mol. The Morgan fingerprint density at radius 2 is 1.58 bits per heavy atom.